The fourth-order valence-corrected chi connectivity index (χ4v) is 3.12. The van der Waals surface area contributed by atoms with Crippen molar-refractivity contribution < 1.29 is 4.79 Å². The summed E-state index contributed by atoms with van der Waals surface area (Å²) in [5.41, 5.74) is 2.12. The van der Waals surface area contributed by atoms with E-state index in [2.05, 4.69) is 15.3 Å². The van der Waals surface area contributed by atoms with Crippen LogP contribution in [-0.4, -0.2) is 21.6 Å². The standard InChI is InChI=1S/C20H16N4O2S/c1-13-7-5-6-10-16(13)22-17(25)12-27-20-23-18(14-8-3-2-4-9-14)15(11-21)19(26)24-20/h2-10H,12H2,1H3,(H,22,25)(H,23,24,26). The van der Waals surface area contributed by atoms with Gasteiger partial charge in [0.25, 0.3) is 5.56 Å². The van der Waals surface area contributed by atoms with Gasteiger partial charge in [0.2, 0.25) is 5.91 Å². The first-order valence-electron chi connectivity index (χ1n) is 8.16. The maximum Gasteiger partial charge on any atom is 0.270 e. The number of nitrogens with zero attached hydrogens (tertiary/aromatic N) is 2. The summed E-state index contributed by atoms with van der Waals surface area (Å²) in [6, 6.07) is 18.4. The fraction of sp³-hybridized carbons (Fsp3) is 0.100. The lowest BCUT2D eigenvalue weighted by Crippen LogP contribution is -2.17. The van der Waals surface area contributed by atoms with Gasteiger partial charge in [-0.3, -0.25) is 9.59 Å². The highest BCUT2D eigenvalue weighted by molar-refractivity contribution is 7.99. The quantitative estimate of drug-likeness (QED) is 0.526. The second kappa shape index (κ2) is 8.34. The molecule has 0 bridgehead atoms. The predicted octanol–water partition coefficient (Wildman–Crippen LogP) is 3.35. The zero-order valence-corrected chi connectivity index (χ0v) is 15.3. The number of carbonyl (C=O) groups excluding carboxylic acids is 1. The highest BCUT2D eigenvalue weighted by Gasteiger charge is 2.14. The van der Waals surface area contributed by atoms with Gasteiger partial charge < -0.3 is 10.3 Å². The molecule has 1 amide bonds. The number of hydrogen-bond acceptors (Lipinski definition) is 5. The lowest BCUT2D eigenvalue weighted by Gasteiger charge is -2.08. The van der Waals surface area contributed by atoms with Crippen molar-refractivity contribution in [1.29, 1.82) is 5.26 Å². The highest BCUT2D eigenvalue weighted by atomic mass is 32.2. The Hall–Kier alpha value is -3.37. The minimum atomic E-state index is -0.520. The Balaban J connectivity index is 1.79. The van der Waals surface area contributed by atoms with E-state index in [1.54, 1.807) is 12.1 Å². The molecule has 0 saturated heterocycles. The number of rotatable bonds is 5. The second-order valence-electron chi connectivity index (χ2n) is 5.72. The topological polar surface area (TPSA) is 98.6 Å². The Morgan fingerprint density at radius 1 is 1.19 bits per heavy atom. The van der Waals surface area contributed by atoms with E-state index in [9.17, 15) is 14.9 Å². The molecule has 0 fully saturated rings. The summed E-state index contributed by atoms with van der Waals surface area (Å²) >= 11 is 1.11. The molecule has 0 aliphatic carbocycles. The van der Waals surface area contributed by atoms with Crippen LogP contribution in [-0.2, 0) is 4.79 Å². The Morgan fingerprint density at radius 2 is 1.89 bits per heavy atom. The number of amides is 1. The first-order chi connectivity index (χ1) is 13.1. The number of hydrogen-bond donors (Lipinski definition) is 2. The highest BCUT2D eigenvalue weighted by Crippen LogP contribution is 2.22. The molecule has 1 heterocycles. The van der Waals surface area contributed by atoms with Gasteiger partial charge in [0.15, 0.2) is 5.16 Å². The fourth-order valence-electron chi connectivity index (χ4n) is 2.46. The van der Waals surface area contributed by atoms with Crippen LogP contribution < -0.4 is 10.9 Å². The molecule has 134 valence electrons. The molecule has 27 heavy (non-hydrogen) atoms. The third-order valence-electron chi connectivity index (χ3n) is 3.82. The average molecular weight is 376 g/mol. The minimum absolute atomic E-state index is 0.0464. The van der Waals surface area contributed by atoms with Crippen LogP contribution in [0, 0.1) is 18.3 Å². The van der Waals surface area contributed by atoms with Crippen LogP contribution in [0.4, 0.5) is 5.69 Å². The van der Waals surface area contributed by atoms with Crippen LogP contribution in [0.2, 0.25) is 0 Å². The van der Waals surface area contributed by atoms with Gasteiger partial charge in [0, 0.05) is 11.3 Å². The van der Waals surface area contributed by atoms with Crippen LogP contribution >= 0.6 is 11.8 Å². The zero-order valence-electron chi connectivity index (χ0n) is 14.5. The van der Waals surface area contributed by atoms with E-state index < -0.39 is 5.56 Å². The van der Waals surface area contributed by atoms with Gasteiger partial charge >= 0.3 is 0 Å². The number of aromatic nitrogens is 2. The molecule has 3 rings (SSSR count). The van der Waals surface area contributed by atoms with Crippen LogP contribution in [0.1, 0.15) is 11.1 Å². The van der Waals surface area contributed by atoms with Crippen LogP contribution in [0.3, 0.4) is 0 Å². The largest absolute Gasteiger partial charge is 0.325 e. The molecule has 0 aliphatic rings. The molecule has 3 aromatic rings. The first kappa shape index (κ1) is 18.4. The lowest BCUT2D eigenvalue weighted by atomic mass is 10.1. The van der Waals surface area contributed by atoms with E-state index in [4.69, 9.17) is 0 Å². The third-order valence-corrected chi connectivity index (χ3v) is 4.69. The Kier molecular flexibility index (Phi) is 5.69. The molecule has 0 radical (unpaired) electrons. The minimum Gasteiger partial charge on any atom is -0.325 e. The van der Waals surface area contributed by atoms with E-state index in [1.165, 1.54) is 0 Å². The van der Waals surface area contributed by atoms with Gasteiger partial charge in [-0.05, 0) is 18.6 Å². The van der Waals surface area contributed by atoms with E-state index in [1.807, 2.05) is 55.5 Å². The summed E-state index contributed by atoms with van der Waals surface area (Å²) in [4.78, 5) is 31.3. The van der Waals surface area contributed by atoms with Gasteiger partial charge in [-0.15, -0.1) is 0 Å². The van der Waals surface area contributed by atoms with Crippen molar-refractivity contribution in [2.45, 2.75) is 12.1 Å². The summed E-state index contributed by atoms with van der Waals surface area (Å²) in [6.45, 7) is 1.91. The number of aryl methyl sites for hydroxylation is 1. The molecule has 6 nitrogen and oxygen atoms in total. The summed E-state index contributed by atoms with van der Waals surface area (Å²) in [6.07, 6.45) is 0. The molecule has 2 N–H and O–H groups in total. The van der Waals surface area contributed by atoms with Gasteiger partial charge in [-0.25, -0.2) is 4.98 Å². The third kappa shape index (κ3) is 4.43. The van der Waals surface area contributed by atoms with Crippen molar-refractivity contribution in [3.63, 3.8) is 0 Å². The molecule has 0 unspecified atom stereocenters. The Labute approximate surface area is 160 Å². The van der Waals surface area contributed by atoms with Gasteiger partial charge in [0.1, 0.15) is 11.6 Å². The first-order valence-corrected chi connectivity index (χ1v) is 9.15. The van der Waals surface area contributed by atoms with E-state index >= 15 is 0 Å². The molecule has 7 heteroatoms. The number of para-hydroxylation sites is 1. The Morgan fingerprint density at radius 3 is 2.59 bits per heavy atom. The number of nitriles is 1. The van der Waals surface area contributed by atoms with E-state index in [0.29, 0.717) is 11.3 Å². The summed E-state index contributed by atoms with van der Waals surface area (Å²) in [5, 5.41) is 12.4. The van der Waals surface area contributed by atoms with Gasteiger partial charge in [-0.2, -0.15) is 5.26 Å². The predicted molar refractivity (Wildman–Crippen MR) is 106 cm³/mol. The van der Waals surface area contributed by atoms with Crippen molar-refractivity contribution in [2.24, 2.45) is 0 Å². The second-order valence-corrected chi connectivity index (χ2v) is 6.69. The number of nitrogens with one attached hydrogen (secondary N) is 2. The number of benzene rings is 2. The van der Waals surface area contributed by atoms with Crippen LogP contribution in [0.5, 0.6) is 0 Å². The van der Waals surface area contributed by atoms with Crippen molar-refractivity contribution >= 4 is 23.4 Å². The van der Waals surface area contributed by atoms with Crippen LogP contribution in [0.25, 0.3) is 11.3 Å². The number of carbonyl (C=O) groups is 1. The molecule has 0 saturated carbocycles. The molecular formula is C20H16N4O2S. The Bertz CT molecular complexity index is 1070. The lowest BCUT2D eigenvalue weighted by molar-refractivity contribution is -0.113. The molecule has 0 aliphatic heterocycles. The molecule has 0 spiro atoms. The number of H-pyrrole nitrogens is 1. The summed E-state index contributed by atoms with van der Waals surface area (Å²) in [5.74, 6) is -0.125. The van der Waals surface area contributed by atoms with Crippen molar-refractivity contribution in [1.82, 2.24) is 9.97 Å². The van der Waals surface area contributed by atoms with Gasteiger partial charge in [0.05, 0.1) is 11.4 Å². The van der Waals surface area contributed by atoms with Crippen molar-refractivity contribution in [3.05, 3.63) is 76.1 Å². The van der Waals surface area contributed by atoms with Crippen LogP contribution in [0.15, 0.2) is 64.5 Å². The van der Waals surface area contributed by atoms with Crippen molar-refractivity contribution in [2.75, 3.05) is 11.1 Å². The number of anilines is 1. The zero-order chi connectivity index (χ0) is 19.2. The monoisotopic (exact) mass is 376 g/mol. The molecule has 1 aromatic heterocycles. The number of thioether (sulfide) groups is 1. The number of aromatic amines is 1. The average Bonchev–Trinajstić information content (AvgIpc) is 2.68. The molecular weight excluding hydrogens is 360 g/mol. The molecule has 0 atom stereocenters. The summed E-state index contributed by atoms with van der Waals surface area (Å²) < 4.78 is 0. The smallest absolute Gasteiger partial charge is 0.270 e. The maximum atomic E-state index is 12.2. The SMILES string of the molecule is Cc1ccccc1NC(=O)CSc1nc(-c2ccccc2)c(C#N)c(=O)[nH]1. The van der Waals surface area contributed by atoms with Gasteiger partial charge in [-0.1, -0.05) is 60.3 Å². The maximum absolute atomic E-state index is 12.2. The normalized spacial score (nSPS) is 10.2. The van der Waals surface area contributed by atoms with Crippen molar-refractivity contribution in [3.8, 4) is 17.3 Å². The van der Waals surface area contributed by atoms with E-state index in [-0.39, 0.29) is 22.4 Å². The summed E-state index contributed by atoms with van der Waals surface area (Å²) in [7, 11) is 0. The molecule has 2 aromatic carbocycles. The van der Waals surface area contributed by atoms with E-state index in [0.717, 1.165) is 23.0 Å².